The van der Waals surface area contributed by atoms with Gasteiger partial charge in [-0.15, -0.1) is 0 Å². The summed E-state index contributed by atoms with van der Waals surface area (Å²) in [4.78, 5) is 38.7. The lowest BCUT2D eigenvalue weighted by Gasteiger charge is -2.16. The van der Waals surface area contributed by atoms with Crippen molar-refractivity contribution in [2.24, 2.45) is 0 Å². The van der Waals surface area contributed by atoms with Gasteiger partial charge in [-0.05, 0) is 85.8 Å². The predicted octanol–water partition coefficient (Wildman–Crippen LogP) is 2.65. The fourth-order valence-corrected chi connectivity index (χ4v) is 6.48. The average Bonchev–Trinajstić information content (AvgIpc) is 3.65. The Morgan fingerprint density at radius 3 is 2.39 bits per heavy atom. The van der Waals surface area contributed by atoms with Crippen LogP contribution in [0.15, 0.2) is 34.5 Å². The third-order valence-electron chi connectivity index (χ3n) is 7.46. The number of urea groups is 2. The number of hydrogen-bond acceptors (Lipinski definition) is 6. The van der Waals surface area contributed by atoms with E-state index in [0.717, 1.165) is 65.8 Å². The topological polar surface area (TPSA) is 142 Å². The van der Waals surface area contributed by atoms with Crippen LogP contribution in [0.5, 0.6) is 0 Å². The molecule has 2 heterocycles. The molecule has 0 unspecified atom stereocenters. The summed E-state index contributed by atoms with van der Waals surface area (Å²) < 4.78 is 29.1. The van der Waals surface area contributed by atoms with E-state index in [4.69, 9.17) is 0 Å². The number of fused-ring (bicyclic) bond motifs is 2. The molecule has 5 rings (SSSR count). The molecular formula is C26H32N6O5S. The van der Waals surface area contributed by atoms with E-state index in [-0.39, 0.29) is 30.6 Å². The lowest BCUT2D eigenvalue weighted by molar-refractivity contribution is -0.123. The van der Waals surface area contributed by atoms with Gasteiger partial charge in [-0.2, -0.15) is 13.5 Å². The Bertz CT molecular complexity index is 1430. The van der Waals surface area contributed by atoms with Crippen molar-refractivity contribution >= 4 is 33.7 Å². The van der Waals surface area contributed by atoms with Gasteiger partial charge in [0, 0.05) is 24.0 Å². The van der Waals surface area contributed by atoms with E-state index < -0.39 is 22.1 Å². The minimum atomic E-state index is -4.20. The van der Waals surface area contributed by atoms with Crippen molar-refractivity contribution in [2.75, 3.05) is 18.4 Å². The molecular weight excluding hydrogens is 508 g/mol. The summed E-state index contributed by atoms with van der Waals surface area (Å²) >= 11 is 0. The molecule has 2 aliphatic carbocycles. The van der Waals surface area contributed by atoms with Gasteiger partial charge in [-0.3, -0.25) is 14.4 Å². The van der Waals surface area contributed by atoms with Crippen LogP contribution in [-0.2, 0) is 47.0 Å². The van der Waals surface area contributed by atoms with Crippen molar-refractivity contribution in [3.63, 3.8) is 0 Å². The highest BCUT2D eigenvalue weighted by molar-refractivity contribution is 7.90. The molecule has 5 amide bonds. The zero-order valence-corrected chi connectivity index (χ0v) is 22.4. The SMILES string of the molecule is CCC1=C(C)CN(C(=O)NCCn2ccc(S(=O)(=O)NC(=O)Nc3c4c(cc5c3CCC5)CCC4)n2)C1=O. The summed E-state index contributed by atoms with van der Waals surface area (Å²) in [5, 5.41) is 9.23. The Morgan fingerprint density at radius 1 is 1.08 bits per heavy atom. The number of nitrogens with zero attached hydrogens (tertiary/aromatic N) is 3. The number of amides is 5. The second-order valence-corrected chi connectivity index (χ2v) is 11.6. The first-order chi connectivity index (χ1) is 18.2. The van der Waals surface area contributed by atoms with Crippen molar-refractivity contribution in [1.82, 2.24) is 24.7 Å². The smallest absolute Gasteiger partial charge is 0.333 e. The van der Waals surface area contributed by atoms with Gasteiger partial charge < -0.3 is 10.6 Å². The maximum absolute atomic E-state index is 12.8. The quantitative estimate of drug-likeness (QED) is 0.493. The van der Waals surface area contributed by atoms with E-state index in [2.05, 4.69) is 26.5 Å². The van der Waals surface area contributed by atoms with E-state index in [1.165, 1.54) is 28.1 Å². The van der Waals surface area contributed by atoms with Gasteiger partial charge in [-0.1, -0.05) is 13.0 Å². The van der Waals surface area contributed by atoms with Crippen molar-refractivity contribution in [3.05, 3.63) is 51.7 Å². The standard InChI is InChI=1S/C26H32N6O5S/c1-3-19-16(2)15-32(24(19)33)26(35)27-11-13-31-12-10-22(29-31)38(36,37)30-25(34)28-23-20-8-4-6-17(20)14-18-7-5-9-21(18)23/h10,12,14H,3-9,11,13,15H2,1-2H3,(H,27,35)(H2,28,30,34). The Morgan fingerprint density at radius 2 is 1.76 bits per heavy atom. The van der Waals surface area contributed by atoms with E-state index in [0.29, 0.717) is 12.0 Å². The van der Waals surface area contributed by atoms with Crippen molar-refractivity contribution in [3.8, 4) is 0 Å². The number of nitrogens with one attached hydrogen (secondary N) is 3. The molecule has 1 aromatic carbocycles. The second-order valence-electron chi connectivity index (χ2n) is 9.95. The molecule has 0 radical (unpaired) electrons. The lowest BCUT2D eigenvalue weighted by atomic mass is 9.99. The molecule has 1 aromatic heterocycles. The molecule has 38 heavy (non-hydrogen) atoms. The molecule has 12 heteroatoms. The molecule has 0 bridgehead atoms. The largest absolute Gasteiger partial charge is 0.336 e. The van der Waals surface area contributed by atoms with Gasteiger partial charge in [0.1, 0.15) is 0 Å². The van der Waals surface area contributed by atoms with Crippen molar-refractivity contribution in [2.45, 2.75) is 70.4 Å². The summed E-state index contributed by atoms with van der Waals surface area (Å²) in [6, 6.07) is 2.21. The number of carbonyl (C=O) groups is 3. The minimum absolute atomic E-state index is 0.141. The summed E-state index contributed by atoms with van der Waals surface area (Å²) in [6.45, 7) is 4.30. The number of benzene rings is 1. The first-order valence-electron chi connectivity index (χ1n) is 13.0. The fraction of sp³-hybridized carbons (Fsp3) is 0.462. The number of aromatic nitrogens is 2. The summed E-state index contributed by atoms with van der Waals surface area (Å²) in [6.07, 6.45) is 7.75. The van der Waals surface area contributed by atoms with Crippen molar-refractivity contribution < 1.29 is 22.8 Å². The fourth-order valence-electron chi connectivity index (χ4n) is 5.63. The summed E-state index contributed by atoms with van der Waals surface area (Å²) in [5.41, 5.74) is 6.98. The van der Waals surface area contributed by atoms with Crippen LogP contribution in [0, 0.1) is 0 Å². The zero-order chi connectivity index (χ0) is 27.0. The van der Waals surface area contributed by atoms with Gasteiger partial charge in [0.2, 0.25) is 0 Å². The average molecular weight is 541 g/mol. The van der Waals surface area contributed by atoms with E-state index in [1.54, 1.807) is 0 Å². The molecule has 1 aliphatic heterocycles. The van der Waals surface area contributed by atoms with Crippen LogP contribution >= 0.6 is 0 Å². The Hall–Kier alpha value is -3.67. The maximum Gasteiger partial charge on any atom is 0.333 e. The molecule has 0 saturated carbocycles. The molecule has 0 fully saturated rings. The predicted molar refractivity (Wildman–Crippen MR) is 140 cm³/mol. The number of rotatable bonds is 7. The summed E-state index contributed by atoms with van der Waals surface area (Å²) in [5.74, 6) is -0.287. The van der Waals surface area contributed by atoms with Gasteiger partial charge in [0.05, 0.1) is 13.1 Å². The summed E-state index contributed by atoms with van der Waals surface area (Å²) in [7, 11) is -4.20. The number of anilines is 1. The van der Waals surface area contributed by atoms with Crippen LogP contribution < -0.4 is 15.4 Å². The number of hydrogen-bond donors (Lipinski definition) is 3. The number of sulfonamides is 1. The monoisotopic (exact) mass is 540 g/mol. The van der Waals surface area contributed by atoms with Crippen LogP contribution in [0.2, 0.25) is 0 Å². The van der Waals surface area contributed by atoms with E-state index in [1.807, 2.05) is 13.8 Å². The highest BCUT2D eigenvalue weighted by Gasteiger charge is 2.31. The van der Waals surface area contributed by atoms with Crippen molar-refractivity contribution in [1.29, 1.82) is 0 Å². The van der Waals surface area contributed by atoms with Crippen LogP contribution in [-0.4, -0.2) is 54.2 Å². The Labute approximate surface area is 221 Å². The van der Waals surface area contributed by atoms with Gasteiger partial charge in [-0.25, -0.2) is 14.3 Å². The van der Waals surface area contributed by atoms with Crippen LogP contribution in [0.3, 0.4) is 0 Å². The minimum Gasteiger partial charge on any atom is -0.336 e. The molecule has 11 nitrogen and oxygen atoms in total. The van der Waals surface area contributed by atoms with Crippen LogP contribution in [0.4, 0.5) is 15.3 Å². The zero-order valence-electron chi connectivity index (χ0n) is 21.6. The first-order valence-corrected chi connectivity index (χ1v) is 14.5. The Balaban J connectivity index is 1.17. The molecule has 202 valence electrons. The highest BCUT2D eigenvalue weighted by atomic mass is 32.2. The van der Waals surface area contributed by atoms with Gasteiger partial charge in [0.25, 0.3) is 15.9 Å². The molecule has 0 atom stereocenters. The van der Waals surface area contributed by atoms with Crippen LogP contribution in [0.1, 0.15) is 55.4 Å². The molecule has 2 aromatic rings. The normalized spacial score (nSPS) is 16.6. The first kappa shape index (κ1) is 26.0. The number of imide groups is 1. The second kappa shape index (κ2) is 10.2. The van der Waals surface area contributed by atoms with Gasteiger partial charge >= 0.3 is 12.1 Å². The number of carbonyl (C=O) groups excluding carboxylic acids is 3. The maximum atomic E-state index is 12.8. The van der Waals surface area contributed by atoms with Gasteiger partial charge in [0.15, 0.2) is 5.03 Å². The third-order valence-corrected chi connectivity index (χ3v) is 8.68. The molecule has 0 saturated heterocycles. The molecule has 3 N–H and O–H groups in total. The molecule has 3 aliphatic rings. The third kappa shape index (κ3) is 4.92. The lowest BCUT2D eigenvalue weighted by Crippen LogP contribution is -2.42. The highest BCUT2D eigenvalue weighted by Crippen LogP contribution is 2.38. The number of aryl methyl sites for hydroxylation is 2. The van der Waals surface area contributed by atoms with Crippen LogP contribution in [0.25, 0.3) is 0 Å². The molecule has 0 spiro atoms. The van der Waals surface area contributed by atoms with E-state index >= 15 is 0 Å². The van der Waals surface area contributed by atoms with E-state index in [9.17, 15) is 22.8 Å². The Kier molecular flexibility index (Phi) is 6.99.